The summed E-state index contributed by atoms with van der Waals surface area (Å²) in [4.78, 5) is 2.96. The molecule has 1 aromatic rings. The van der Waals surface area contributed by atoms with E-state index in [2.05, 4.69) is 4.98 Å². The molecule has 0 aliphatic heterocycles. The van der Waals surface area contributed by atoms with Gasteiger partial charge in [-0.05, 0) is 12.1 Å². The highest BCUT2D eigenvalue weighted by Crippen LogP contribution is 1.88. The Morgan fingerprint density at radius 3 is 2.40 bits per heavy atom. The third kappa shape index (κ3) is 4.14. The first kappa shape index (κ1) is 9.22. The molecule has 0 saturated heterocycles. The van der Waals surface area contributed by atoms with Crippen molar-refractivity contribution in [2.45, 2.75) is 6.54 Å². The maximum Gasteiger partial charge on any atom is 0.482 e. The van der Waals surface area contributed by atoms with Crippen molar-refractivity contribution in [3.05, 3.63) is 24.0 Å². The lowest BCUT2D eigenvalue weighted by molar-refractivity contribution is 0.448. The largest absolute Gasteiger partial charge is 0.482 e. The second kappa shape index (κ2) is 6.35. The molecule has 0 unspecified atom stereocenters. The van der Waals surface area contributed by atoms with Gasteiger partial charge >= 0.3 is 7.69 Å². The number of nitrogens with one attached hydrogen (secondary N) is 1. The standard InChI is InChI=1S/C5H8N2.BH2O2/c6-4-5-2-1-3-7-5;2-1-3/h1-3,7H,4,6H2;2-3H. The fourth-order valence-electron chi connectivity index (χ4n) is 0.494. The lowest BCUT2D eigenvalue weighted by atomic mass is 10.4. The van der Waals surface area contributed by atoms with Crippen molar-refractivity contribution in [1.82, 2.24) is 4.98 Å². The van der Waals surface area contributed by atoms with E-state index in [-0.39, 0.29) is 7.69 Å². The van der Waals surface area contributed by atoms with Gasteiger partial charge in [-0.2, -0.15) is 0 Å². The summed E-state index contributed by atoms with van der Waals surface area (Å²) in [5, 5.41) is 14.0. The number of aromatic amines is 1. The molecule has 0 aliphatic rings. The summed E-state index contributed by atoms with van der Waals surface area (Å²) < 4.78 is 0. The first-order valence-corrected chi connectivity index (χ1v) is 2.77. The summed E-state index contributed by atoms with van der Waals surface area (Å²) in [6.45, 7) is 0.604. The van der Waals surface area contributed by atoms with Gasteiger partial charge in [-0.1, -0.05) is 0 Å². The number of hydrogen-bond donors (Lipinski definition) is 4. The Kier molecular flexibility index (Phi) is 5.85. The van der Waals surface area contributed by atoms with Crippen LogP contribution in [0.1, 0.15) is 5.69 Å². The molecular formula is C5H10BN2O2. The molecule has 1 radical (unpaired) electrons. The van der Waals surface area contributed by atoms with Crippen molar-refractivity contribution in [2.75, 3.05) is 0 Å². The van der Waals surface area contributed by atoms with E-state index in [4.69, 9.17) is 15.8 Å². The number of nitrogens with two attached hydrogens (primary N) is 1. The van der Waals surface area contributed by atoms with Gasteiger partial charge < -0.3 is 20.8 Å². The van der Waals surface area contributed by atoms with Gasteiger partial charge in [0, 0.05) is 18.4 Å². The molecule has 55 valence electrons. The first-order valence-electron chi connectivity index (χ1n) is 2.77. The Hall–Kier alpha value is -0.775. The van der Waals surface area contributed by atoms with Crippen molar-refractivity contribution in [3.8, 4) is 0 Å². The van der Waals surface area contributed by atoms with Gasteiger partial charge in [-0.25, -0.2) is 0 Å². The summed E-state index contributed by atoms with van der Waals surface area (Å²) in [5.41, 5.74) is 6.35. The minimum absolute atomic E-state index is 0. The van der Waals surface area contributed by atoms with E-state index < -0.39 is 0 Å². The van der Waals surface area contributed by atoms with Gasteiger partial charge in [-0.3, -0.25) is 0 Å². The molecule has 5 N–H and O–H groups in total. The molecule has 0 bridgehead atoms. The molecule has 0 atom stereocenters. The highest BCUT2D eigenvalue weighted by molar-refractivity contribution is 6.13. The van der Waals surface area contributed by atoms with E-state index in [1.165, 1.54) is 0 Å². The van der Waals surface area contributed by atoms with Crippen LogP contribution in [-0.2, 0) is 6.54 Å². The van der Waals surface area contributed by atoms with Gasteiger partial charge in [0.05, 0.1) is 0 Å². The third-order valence-electron chi connectivity index (χ3n) is 0.882. The predicted molar refractivity (Wildman–Crippen MR) is 38.9 cm³/mol. The number of hydrogen-bond acceptors (Lipinski definition) is 3. The molecular weight excluding hydrogens is 131 g/mol. The lowest BCUT2D eigenvalue weighted by Gasteiger charge is -1.82. The zero-order chi connectivity index (χ0) is 7.82. The predicted octanol–water partition coefficient (Wildman–Crippen LogP) is -1.02. The van der Waals surface area contributed by atoms with Crippen molar-refractivity contribution >= 4 is 7.69 Å². The molecule has 0 aliphatic carbocycles. The van der Waals surface area contributed by atoms with Crippen molar-refractivity contribution in [2.24, 2.45) is 5.73 Å². The Morgan fingerprint density at radius 2 is 2.20 bits per heavy atom. The Labute approximate surface area is 60.0 Å². The first-order chi connectivity index (χ1) is 4.85. The van der Waals surface area contributed by atoms with Crippen LogP contribution in [0, 0.1) is 0 Å². The van der Waals surface area contributed by atoms with Crippen molar-refractivity contribution in [3.63, 3.8) is 0 Å². The average Bonchev–Trinajstić information content (AvgIpc) is 2.39. The molecule has 10 heavy (non-hydrogen) atoms. The van der Waals surface area contributed by atoms with Crippen LogP contribution in [0.3, 0.4) is 0 Å². The minimum atomic E-state index is 0. The van der Waals surface area contributed by atoms with Crippen LogP contribution in [0.2, 0.25) is 0 Å². The number of aromatic nitrogens is 1. The summed E-state index contributed by atoms with van der Waals surface area (Å²) >= 11 is 0. The number of H-pyrrole nitrogens is 1. The highest BCUT2D eigenvalue weighted by atomic mass is 16.4. The van der Waals surface area contributed by atoms with Crippen molar-refractivity contribution in [1.29, 1.82) is 0 Å². The fourth-order valence-corrected chi connectivity index (χ4v) is 0.494. The Bertz CT molecular complexity index is 143. The van der Waals surface area contributed by atoms with Crippen LogP contribution < -0.4 is 5.73 Å². The van der Waals surface area contributed by atoms with E-state index >= 15 is 0 Å². The third-order valence-corrected chi connectivity index (χ3v) is 0.882. The molecule has 0 amide bonds. The maximum absolute atomic E-state index is 7.00. The monoisotopic (exact) mass is 141 g/mol. The zero-order valence-corrected chi connectivity index (χ0v) is 5.49. The molecule has 1 heterocycles. The summed E-state index contributed by atoms with van der Waals surface area (Å²) in [6, 6.07) is 3.89. The van der Waals surface area contributed by atoms with E-state index in [1.54, 1.807) is 0 Å². The van der Waals surface area contributed by atoms with E-state index in [0.29, 0.717) is 6.54 Å². The second-order valence-corrected chi connectivity index (χ2v) is 1.51. The van der Waals surface area contributed by atoms with E-state index in [9.17, 15) is 0 Å². The van der Waals surface area contributed by atoms with Gasteiger partial charge in [0.25, 0.3) is 0 Å². The topological polar surface area (TPSA) is 82.3 Å². The van der Waals surface area contributed by atoms with Crippen LogP contribution in [-0.4, -0.2) is 22.7 Å². The van der Waals surface area contributed by atoms with Crippen LogP contribution in [0.4, 0.5) is 0 Å². The van der Waals surface area contributed by atoms with Crippen LogP contribution in [0.25, 0.3) is 0 Å². The second-order valence-electron chi connectivity index (χ2n) is 1.51. The minimum Gasteiger partial charge on any atom is -0.429 e. The normalized spacial score (nSPS) is 7.90. The van der Waals surface area contributed by atoms with Crippen LogP contribution >= 0.6 is 0 Å². The van der Waals surface area contributed by atoms with Crippen LogP contribution in [0.5, 0.6) is 0 Å². The SMILES string of the molecule is NCc1ccc[nH]1.O[B]O. The number of rotatable bonds is 1. The summed E-state index contributed by atoms with van der Waals surface area (Å²) in [5.74, 6) is 0. The van der Waals surface area contributed by atoms with E-state index in [0.717, 1.165) is 5.69 Å². The van der Waals surface area contributed by atoms with Crippen LogP contribution in [0.15, 0.2) is 18.3 Å². The zero-order valence-electron chi connectivity index (χ0n) is 5.49. The van der Waals surface area contributed by atoms with Gasteiger partial charge in [0.15, 0.2) is 0 Å². The maximum atomic E-state index is 7.00. The molecule has 0 fully saturated rings. The quantitative estimate of drug-likeness (QED) is 0.377. The smallest absolute Gasteiger partial charge is 0.429 e. The average molecular weight is 141 g/mol. The molecule has 1 aromatic heterocycles. The molecule has 5 heteroatoms. The van der Waals surface area contributed by atoms with E-state index in [1.807, 2.05) is 18.3 Å². The molecule has 1 rings (SSSR count). The van der Waals surface area contributed by atoms with Crippen molar-refractivity contribution < 1.29 is 10.0 Å². The Balaban J connectivity index is 0.000000236. The molecule has 0 spiro atoms. The van der Waals surface area contributed by atoms with Gasteiger partial charge in [0.1, 0.15) is 0 Å². The molecule has 0 saturated carbocycles. The highest BCUT2D eigenvalue weighted by Gasteiger charge is 1.81. The fraction of sp³-hybridized carbons (Fsp3) is 0.200. The molecule has 0 aromatic carbocycles. The Morgan fingerprint density at radius 1 is 1.60 bits per heavy atom. The summed E-state index contributed by atoms with van der Waals surface area (Å²) in [7, 11) is 0. The summed E-state index contributed by atoms with van der Waals surface area (Å²) in [6.07, 6.45) is 1.86. The lowest BCUT2D eigenvalue weighted by Crippen LogP contribution is -1.94. The van der Waals surface area contributed by atoms with Gasteiger partial charge in [-0.15, -0.1) is 0 Å². The molecule has 4 nitrogen and oxygen atoms in total. The van der Waals surface area contributed by atoms with Gasteiger partial charge in [0.2, 0.25) is 0 Å².